The van der Waals surface area contributed by atoms with Gasteiger partial charge in [0.15, 0.2) is 17.5 Å². The summed E-state index contributed by atoms with van der Waals surface area (Å²) in [5, 5.41) is 0. The van der Waals surface area contributed by atoms with Crippen molar-refractivity contribution in [1.29, 1.82) is 0 Å². The Morgan fingerprint density at radius 3 is 1.33 bits per heavy atom. The van der Waals surface area contributed by atoms with Crippen molar-refractivity contribution in [2.45, 2.75) is 0 Å². The summed E-state index contributed by atoms with van der Waals surface area (Å²) in [7, 11) is 0. The predicted molar refractivity (Wildman–Crippen MR) is 103 cm³/mol. The molecular formula is C24H15F3. The molecule has 27 heavy (non-hydrogen) atoms. The topological polar surface area (TPSA) is 0 Å². The summed E-state index contributed by atoms with van der Waals surface area (Å²) in [6.07, 6.45) is 0. The fourth-order valence-corrected chi connectivity index (χ4v) is 3.08. The van der Waals surface area contributed by atoms with Crippen LogP contribution in [-0.4, -0.2) is 0 Å². The van der Waals surface area contributed by atoms with Crippen LogP contribution in [0.5, 0.6) is 0 Å². The Morgan fingerprint density at radius 1 is 0.370 bits per heavy atom. The molecule has 0 amide bonds. The second kappa shape index (κ2) is 7.12. The Morgan fingerprint density at radius 2 is 0.815 bits per heavy atom. The van der Waals surface area contributed by atoms with Crippen molar-refractivity contribution in [1.82, 2.24) is 0 Å². The van der Waals surface area contributed by atoms with Crippen LogP contribution in [-0.2, 0) is 0 Å². The summed E-state index contributed by atoms with van der Waals surface area (Å²) in [5.74, 6) is -3.81. The normalized spacial score (nSPS) is 10.8. The monoisotopic (exact) mass is 360 g/mol. The van der Waals surface area contributed by atoms with Crippen molar-refractivity contribution in [2.75, 3.05) is 0 Å². The molecular weight excluding hydrogens is 345 g/mol. The van der Waals surface area contributed by atoms with Crippen LogP contribution in [0.3, 0.4) is 0 Å². The third-order valence-corrected chi connectivity index (χ3v) is 4.56. The fourth-order valence-electron chi connectivity index (χ4n) is 3.08. The average molecular weight is 360 g/mol. The zero-order chi connectivity index (χ0) is 18.8. The lowest BCUT2D eigenvalue weighted by molar-refractivity contribution is 0.449. The van der Waals surface area contributed by atoms with Crippen LogP contribution in [0, 0.1) is 17.5 Å². The van der Waals surface area contributed by atoms with Crippen molar-refractivity contribution in [3.8, 4) is 33.4 Å². The third kappa shape index (κ3) is 3.36. The molecule has 0 aromatic heterocycles. The van der Waals surface area contributed by atoms with Crippen molar-refractivity contribution < 1.29 is 13.2 Å². The van der Waals surface area contributed by atoms with Crippen molar-refractivity contribution in [2.24, 2.45) is 0 Å². The van der Waals surface area contributed by atoms with Crippen LogP contribution in [0.25, 0.3) is 33.4 Å². The highest BCUT2D eigenvalue weighted by Crippen LogP contribution is 2.29. The van der Waals surface area contributed by atoms with Gasteiger partial charge in [-0.15, -0.1) is 0 Å². The van der Waals surface area contributed by atoms with Crippen molar-refractivity contribution >= 4 is 0 Å². The van der Waals surface area contributed by atoms with Crippen LogP contribution in [0.4, 0.5) is 13.2 Å². The summed E-state index contributed by atoms with van der Waals surface area (Å²) in [5.41, 5.74) is 4.79. The van der Waals surface area contributed by atoms with E-state index in [0.29, 0.717) is 5.56 Å². The van der Waals surface area contributed by atoms with Gasteiger partial charge in [0.05, 0.1) is 0 Å². The van der Waals surface area contributed by atoms with E-state index in [9.17, 15) is 13.2 Å². The first-order chi connectivity index (χ1) is 13.1. The third-order valence-electron chi connectivity index (χ3n) is 4.56. The molecule has 4 rings (SSSR count). The van der Waals surface area contributed by atoms with E-state index in [0.717, 1.165) is 28.3 Å². The van der Waals surface area contributed by atoms with Gasteiger partial charge in [0.25, 0.3) is 0 Å². The van der Waals surface area contributed by atoms with E-state index in [-0.39, 0.29) is 5.56 Å². The van der Waals surface area contributed by atoms with Gasteiger partial charge in [0.2, 0.25) is 0 Å². The molecule has 0 saturated heterocycles. The Balaban J connectivity index is 1.62. The minimum atomic E-state index is -1.45. The molecule has 0 fully saturated rings. The molecule has 0 saturated carbocycles. The highest BCUT2D eigenvalue weighted by molar-refractivity contribution is 5.73. The Kier molecular flexibility index (Phi) is 4.51. The molecule has 0 bridgehead atoms. The minimum absolute atomic E-state index is 0.0416. The maximum absolute atomic E-state index is 14.0. The first kappa shape index (κ1) is 17.1. The average Bonchev–Trinajstić information content (AvgIpc) is 2.73. The summed E-state index contributed by atoms with van der Waals surface area (Å²) in [6, 6.07) is 27.5. The molecule has 0 N–H and O–H groups in total. The van der Waals surface area contributed by atoms with Crippen LogP contribution >= 0.6 is 0 Å². The Bertz CT molecular complexity index is 1070. The van der Waals surface area contributed by atoms with Crippen LogP contribution in [0.1, 0.15) is 0 Å². The second-order valence-corrected chi connectivity index (χ2v) is 6.24. The maximum Gasteiger partial charge on any atom is 0.195 e. The molecule has 0 unspecified atom stereocenters. The zero-order valence-corrected chi connectivity index (χ0v) is 14.3. The van der Waals surface area contributed by atoms with E-state index >= 15 is 0 Å². The van der Waals surface area contributed by atoms with E-state index in [1.165, 1.54) is 6.07 Å². The van der Waals surface area contributed by atoms with E-state index in [1.54, 1.807) is 12.1 Å². The predicted octanol–water partition coefficient (Wildman–Crippen LogP) is 7.10. The number of rotatable bonds is 3. The fraction of sp³-hybridized carbons (Fsp3) is 0. The lowest BCUT2D eigenvalue weighted by Gasteiger charge is -2.08. The Labute approximate surface area is 155 Å². The van der Waals surface area contributed by atoms with Gasteiger partial charge in [-0.25, -0.2) is 13.2 Å². The summed E-state index contributed by atoms with van der Waals surface area (Å²) in [6.45, 7) is 0. The molecule has 0 heterocycles. The van der Waals surface area contributed by atoms with Gasteiger partial charge in [0.1, 0.15) is 0 Å². The molecule has 0 radical (unpaired) electrons. The molecule has 4 aromatic carbocycles. The van der Waals surface area contributed by atoms with E-state index in [4.69, 9.17) is 0 Å². The maximum atomic E-state index is 14.0. The highest BCUT2D eigenvalue weighted by Gasteiger charge is 2.14. The van der Waals surface area contributed by atoms with Gasteiger partial charge in [-0.2, -0.15) is 0 Å². The van der Waals surface area contributed by atoms with Gasteiger partial charge in [-0.3, -0.25) is 0 Å². The van der Waals surface area contributed by atoms with Gasteiger partial charge in [0, 0.05) is 5.56 Å². The molecule has 0 spiro atoms. The van der Waals surface area contributed by atoms with Crippen LogP contribution in [0.2, 0.25) is 0 Å². The van der Waals surface area contributed by atoms with E-state index in [1.807, 2.05) is 54.6 Å². The molecule has 3 heteroatoms. The smallest absolute Gasteiger partial charge is 0.195 e. The second-order valence-electron chi connectivity index (χ2n) is 6.24. The van der Waals surface area contributed by atoms with Gasteiger partial charge >= 0.3 is 0 Å². The SMILES string of the molecule is Fc1ccc(-c2ccc(-c3ccc(-c4ccccc4)cc3)cc2)c(F)c1F. The largest absolute Gasteiger partial charge is 0.204 e. The molecule has 4 aromatic rings. The number of benzene rings is 4. The summed E-state index contributed by atoms with van der Waals surface area (Å²) in [4.78, 5) is 0. The van der Waals surface area contributed by atoms with Crippen molar-refractivity contribution in [3.63, 3.8) is 0 Å². The van der Waals surface area contributed by atoms with Gasteiger partial charge in [-0.05, 0) is 39.9 Å². The lowest BCUT2D eigenvalue weighted by atomic mass is 9.98. The minimum Gasteiger partial charge on any atom is -0.204 e. The molecule has 0 nitrogen and oxygen atoms in total. The number of halogens is 3. The molecule has 0 aliphatic rings. The van der Waals surface area contributed by atoms with Crippen LogP contribution in [0.15, 0.2) is 91.0 Å². The standard InChI is InChI=1S/C24H15F3/c25-22-15-14-21(23(26)24(22)27)20-12-10-19(11-13-20)18-8-6-17(7-9-18)16-4-2-1-3-5-16/h1-15H. The molecule has 0 atom stereocenters. The quantitative estimate of drug-likeness (QED) is 0.342. The number of hydrogen-bond donors (Lipinski definition) is 0. The Hall–Kier alpha value is -3.33. The molecule has 0 aliphatic carbocycles. The highest BCUT2D eigenvalue weighted by atomic mass is 19.2. The van der Waals surface area contributed by atoms with E-state index in [2.05, 4.69) is 12.1 Å². The first-order valence-electron chi connectivity index (χ1n) is 8.53. The van der Waals surface area contributed by atoms with Gasteiger partial charge < -0.3 is 0 Å². The van der Waals surface area contributed by atoms with Gasteiger partial charge in [-0.1, -0.05) is 78.9 Å². The lowest BCUT2D eigenvalue weighted by Crippen LogP contribution is -1.93. The summed E-state index contributed by atoms with van der Waals surface area (Å²) < 4.78 is 40.5. The molecule has 132 valence electrons. The van der Waals surface area contributed by atoms with Crippen molar-refractivity contribution in [3.05, 3.63) is 108 Å². The molecule has 0 aliphatic heterocycles. The first-order valence-corrected chi connectivity index (χ1v) is 8.53. The zero-order valence-electron chi connectivity index (χ0n) is 14.3. The number of hydrogen-bond acceptors (Lipinski definition) is 0. The summed E-state index contributed by atoms with van der Waals surface area (Å²) >= 11 is 0. The van der Waals surface area contributed by atoms with E-state index < -0.39 is 17.5 Å². The van der Waals surface area contributed by atoms with Crippen LogP contribution < -0.4 is 0 Å².